The molecule has 0 unspecified atom stereocenters. The van der Waals surface area contributed by atoms with Crippen LogP contribution in [-0.2, 0) is 40.5 Å². The van der Waals surface area contributed by atoms with Crippen LogP contribution in [0.3, 0.4) is 0 Å². The second-order valence-electron chi connectivity index (χ2n) is 14.8. The standard InChI is InChI=1S/C35H45BF2N4O4/c1-33(2,3)44-32(43)41-13-9-11-22-15-25(36-45-34(4,5)35(6,7)46-36)17-30(28(22)21-41)42-14-10-12-23-16-26(24-19-39-40(8)20-24)27(31(37)38)18-29(23)42/h15-20,31H,9-14,21H2,1-8H3. The first-order valence-corrected chi connectivity index (χ1v) is 16.2. The molecule has 6 rings (SSSR count). The van der Waals surface area contributed by atoms with Crippen LogP contribution in [0.5, 0.6) is 0 Å². The van der Waals surface area contributed by atoms with Gasteiger partial charge in [0.1, 0.15) is 5.60 Å². The number of ether oxygens (including phenoxy) is 1. The van der Waals surface area contributed by atoms with Gasteiger partial charge >= 0.3 is 13.2 Å². The molecule has 0 saturated carbocycles. The molecule has 246 valence electrons. The average molecular weight is 635 g/mol. The van der Waals surface area contributed by atoms with E-state index in [0.29, 0.717) is 30.8 Å². The van der Waals surface area contributed by atoms with Gasteiger partial charge in [0.25, 0.3) is 6.43 Å². The van der Waals surface area contributed by atoms with Gasteiger partial charge in [-0.05, 0) is 120 Å². The Morgan fingerprint density at radius 1 is 0.978 bits per heavy atom. The maximum Gasteiger partial charge on any atom is 0.494 e. The van der Waals surface area contributed by atoms with Crippen LogP contribution >= 0.6 is 0 Å². The molecule has 0 spiro atoms. The summed E-state index contributed by atoms with van der Waals surface area (Å²) in [6, 6.07) is 7.77. The number of nitrogens with zero attached hydrogens (tertiary/aromatic N) is 4. The number of anilines is 2. The number of aromatic nitrogens is 2. The molecule has 46 heavy (non-hydrogen) atoms. The molecule has 2 aromatic carbocycles. The molecule has 0 bridgehead atoms. The van der Waals surface area contributed by atoms with Crippen LogP contribution < -0.4 is 10.4 Å². The third kappa shape index (κ3) is 6.16. The zero-order valence-corrected chi connectivity index (χ0v) is 28.2. The van der Waals surface area contributed by atoms with E-state index >= 15 is 0 Å². The zero-order valence-electron chi connectivity index (χ0n) is 28.2. The van der Waals surface area contributed by atoms with Crippen LogP contribution in [0.25, 0.3) is 11.1 Å². The van der Waals surface area contributed by atoms with Gasteiger partial charge in [0.05, 0.1) is 23.9 Å². The summed E-state index contributed by atoms with van der Waals surface area (Å²) < 4.78 is 49.8. The molecule has 3 aliphatic rings. The number of rotatable bonds is 4. The fourth-order valence-corrected chi connectivity index (χ4v) is 6.60. The van der Waals surface area contributed by atoms with E-state index in [1.165, 1.54) is 0 Å². The first-order valence-electron chi connectivity index (χ1n) is 16.2. The Morgan fingerprint density at radius 3 is 2.28 bits per heavy atom. The molecule has 0 atom stereocenters. The van der Waals surface area contributed by atoms with E-state index < -0.39 is 30.3 Å². The Kier molecular flexibility index (Phi) is 8.24. The summed E-state index contributed by atoms with van der Waals surface area (Å²) in [5.74, 6) is 0. The van der Waals surface area contributed by atoms with Gasteiger partial charge in [0.15, 0.2) is 0 Å². The minimum absolute atomic E-state index is 0.0257. The molecule has 3 aromatic rings. The SMILES string of the molecule is Cn1cc(-c2cc3c(cc2C(F)F)N(c2cc(B4OC(C)(C)C(C)(C)O4)cc4c2CN(C(=O)OC(C)(C)C)CCC4)CCC3)cn1. The van der Waals surface area contributed by atoms with Crippen LogP contribution in [0.2, 0.25) is 0 Å². The summed E-state index contributed by atoms with van der Waals surface area (Å²) in [6.45, 7) is 15.3. The Balaban J connectivity index is 1.49. The number of hydrogen-bond donors (Lipinski definition) is 0. The van der Waals surface area contributed by atoms with Crippen LogP contribution in [-0.4, -0.2) is 57.8 Å². The van der Waals surface area contributed by atoms with Crippen LogP contribution in [0, 0.1) is 0 Å². The predicted molar refractivity (Wildman–Crippen MR) is 176 cm³/mol. The monoisotopic (exact) mass is 634 g/mol. The lowest BCUT2D eigenvalue weighted by molar-refractivity contribution is 0.00578. The number of hydrogen-bond acceptors (Lipinski definition) is 6. The molecule has 3 aliphatic heterocycles. The lowest BCUT2D eigenvalue weighted by atomic mass is 9.76. The van der Waals surface area contributed by atoms with Crippen LogP contribution in [0.4, 0.5) is 25.0 Å². The molecular weight excluding hydrogens is 589 g/mol. The highest BCUT2D eigenvalue weighted by atomic mass is 19.3. The highest BCUT2D eigenvalue weighted by Gasteiger charge is 2.52. The van der Waals surface area contributed by atoms with Crippen molar-refractivity contribution in [1.29, 1.82) is 0 Å². The third-order valence-electron chi connectivity index (χ3n) is 9.65. The first kappa shape index (κ1) is 32.5. The number of aryl methyl sites for hydroxylation is 3. The van der Waals surface area contributed by atoms with Gasteiger partial charge in [-0.3, -0.25) is 4.68 Å². The highest BCUT2D eigenvalue weighted by molar-refractivity contribution is 6.62. The third-order valence-corrected chi connectivity index (χ3v) is 9.65. The van der Waals surface area contributed by atoms with Crippen molar-refractivity contribution in [2.45, 2.75) is 104 Å². The molecule has 1 saturated heterocycles. The summed E-state index contributed by atoms with van der Waals surface area (Å²) >= 11 is 0. The van der Waals surface area contributed by atoms with E-state index in [4.69, 9.17) is 14.0 Å². The number of alkyl halides is 2. The minimum Gasteiger partial charge on any atom is -0.444 e. The molecule has 0 radical (unpaired) electrons. The molecule has 4 heterocycles. The Labute approximate surface area is 271 Å². The molecule has 11 heteroatoms. The van der Waals surface area contributed by atoms with Gasteiger partial charge in [-0.1, -0.05) is 6.07 Å². The Morgan fingerprint density at radius 2 is 1.65 bits per heavy atom. The van der Waals surface area contributed by atoms with E-state index in [2.05, 4.69) is 22.1 Å². The smallest absolute Gasteiger partial charge is 0.444 e. The van der Waals surface area contributed by atoms with Gasteiger partial charge < -0.3 is 23.8 Å². The van der Waals surface area contributed by atoms with E-state index in [0.717, 1.165) is 59.2 Å². The van der Waals surface area contributed by atoms with Crippen molar-refractivity contribution in [3.63, 3.8) is 0 Å². The van der Waals surface area contributed by atoms with E-state index in [9.17, 15) is 13.6 Å². The average Bonchev–Trinajstić information content (AvgIpc) is 3.39. The largest absolute Gasteiger partial charge is 0.494 e. The minimum atomic E-state index is -2.67. The molecule has 0 N–H and O–H groups in total. The quantitative estimate of drug-likeness (QED) is 0.286. The summed E-state index contributed by atoms with van der Waals surface area (Å²) in [7, 11) is 1.19. The number of fused-ring (bicyclic) bond motifs is 2. The number of halogens is 2. The van der Waals surface area contributed by atoms with Crippen molar-refractivity contribution in [3.8, 4) is 11.1 Å². The van der Waals surface area contributed by atoms with Crippen LogP contribution in [0.1, 0.15) is 90.0 Å². The molecule has 1 aromatic heterocycles. The molecule has 0 aliphatic carbocycles. The van der Waals surface area contributed by atoms with Crippen molar-refractivity contribution in [3.05, 3.63) is 58.9 Å². The lowest BCUT2D eigenvalue weighted by Gasteiger charge is -2.35. The normalized spacial score (nSPS) is 19.2. The second kappa shape index (κ2) is 11.7. The number of carbonyl (C=O) groups is 1. The van der Waals surface area contributed by atoms with E-state index in [1.54, 1.807) is 35.1 Å². The maximum absolute atomic E-state index is 14.7. The fraction of sp³-hybridized carbons (Fsp3) is 0.543. The van der Waals surface area contributed by atoms with Crippen molar-refractivity contribution in [2.24, 2.45) is 7.05 Å². The summed E-state index contributed by atoms with van der Waals surface area (Å²) in [5.41, 5.74) is 5.09. The Hall–Kier alpha value is -3.44. The first-order chi connectivity index (χ1) is 21.5. The van der Waals surface area contributed by atoms with Crippen LogP contribution in [0.15, 0.2) is 36.7 Å². The fourth-order valence-electron chi connectivity index (χ4n) is 6.60. The van der Waals surface area contributed by atoms with Gasteiger partial charge in [-0.15, -0.1) is 0 Å². The molecular formula is C35H45BF2N4O4. The molecule has 1 fully saturated rings. The summed E-state index contributed by atoms with van der Waals surface area (Å²) in [5, 5.41) is 4.23. The van der Waals surface area contributed by atoms with Crippen molar-refractivity contribution >= 4 is 30.0 Å². The van der Waals surface area contributed by atoms with Gasteiger partial charge in [0, 0.05) is 48.8 Å². The van der Waals surface area contributed by atoms with Gasteiger partial charge in [0.2, 0.25) is 0 Å². The molecule has 8 nitrogen and oxygen atoms in total. The van der Waals surface area contributed by atoms with Gasteiger partial charge in [-0.2, -0.15) is 5.10 Å². The second-order valence-corrected chi connectivity index (χ2v) is 14.8. The number of benzene rings is 2. The predicted octanol–water partition coefficient (Wildman–Crippen LogP) is 7.09. The maximum atomic E-state index is 14.7. The van der Waals surface area contributed by atoms with Gasteiger partial charge in [-0.25, -0.2) is 13.6 Å². The highest BCUT2D eigenvalue weighted by Crippen LogP contribution is 2.44. The molecule has 1 amide bonds. The Bertz CT molecular complexity index is 1630. The topological polar surface area (TPSA) is 69.1 Å². The lowest BCUT2D eigenvalue weighted by Crippen LogP contribution is -2.41. The van der Waals surface area contributed by atoms with E-state index in [1.807, 2.05) is 54.5 Å². The number of carbonyl (C=O) groups excluding carboxylic acids is 1. The zero-order chi connectivity index (χ0) is 33.2. The number of amides is 1. The van der Waals surface area contributed by atoms with E-state index in [-0.39, 0.29) is 11.7 Å². The van der Waals surface area contributed by atoms with Crippen molar-refractivity contribution < 1.29 is 27.6 Å². The van der Waals surface area contributed by atoms with Crippen molar-refractivity contribution in [2.75, 3.05) is 18.0 Å². The summed E-state index contributed by atoms with van der Waals surface area (Å²) in [4.78, 5) is 17.3. The summed E-state index contributed by atoms with van der Waals surface area (Å²) in [6.07, 6.45) is 3.50. The van der Waals surface area contributed by atoms with Crippen molar-refractivity contribution in [1.82, 2.24) is 14.7 Å².